The smallest absolute Gasteiger partial charge is 0.287 e. The van der Waals surface area contributed by atoms with Crippen LogP contribution in [0.15, 0.2) is 42.2 Å². The first-order valence-corrected chi connectivity index (χ1v) is 15.1. The summed E-state index contributed by atoms with van der Waals surface area (Å²) in [5.74, 6) is -0.116. The summed E-state index contributed by atoms with van der Waals surface area (Å²) in [6.07, 6.45) is 16.5. The molecule has 0 atom stereocenters. The number of nitrogens with zero attached hydrogens (tertiary/aromatic N) is 3. The van der Waals surface area contributed by atoms with E-state index in [0.717, 1.165) is 18.9 Å². The van der Waals surface area contributed by atoms with Gasteiger partial charge in [0.1, 0.15) is 12.8 Å². The molecule has 0 saturated heterocycles. The van der Waals surface area contributed by atoms with Crippen molar-refractivity contribution in [2.45, 2.75) is 71.9 Å². The molecule has 0 aliphatic heterocycles. The standard InChI is InChI=1S/C25H38N4O2Si/c1-25(2)13-11-21(12-14-25)10-8-6-7-9-15-27-24(30)23-28-22(18-26)19-29(23)20-31-16-17-32(3,4)5/h6-9,11,19H,10,12-17,20H2,1-5H3,(H,27,30)/b8-6-,9-7-. The number of rotatable bonds is 11. The van der Waals surface area contributed by atoms with Gasteiger partial charge in [0.15, 0.2) is 5.69 Å². The molecule has 32 heavy (non-hydrogen) atoms. The molecular formula is C25H38N4O2Si. The maximum absolute atomic E-state index is 12.5. The van der Waals surface area contributed by atoms with E-state index in [1.165, 1.54) is 18.4 Å². The topological polar surface area (TPSA) is 79.9 Å². The summed E-state index contributed by atoms with van der Waals surface area (Å²) >= 11 is 0. The molecule has 6 nitrogen and oxygen atoms in total. The maximum atomic E-state index is 12.5. The molecule has 7 heteroatoms. The number of nitriles is 1. The van der Waals surface area contributed by atoms with E-state index in [-0.39, 0.29) is 24.2 Å². The minimum Gasteiger partial charge on any atom is -0.361 e. The number of hydrogen-bond donors (Lipinski definition) is 1. The van der Waals surface area contributed by atoms with E-state index < -0.39 is 8.07 Å². The second-order valence-corrected chi connectivity index (χ2v) is 16.0. The van der Waals surface area contributed by atoms with Crippen molar-refractivity contribution < 1.29 is 9.53 Å². The molecule has 0 spiro atoms. The van der Waals surface area contributed by atoms with Gasteiger partial charge in [-0.2, -0.15) is 5.26 Å². The first-order valence-electron chi connectivity index (χ1n) is 11.4. The number of carbonyl (C=O) groups is 1. The van der Waals surface area contributed by atoms with Crippen molar-refractivity contribution >= 4 is 14.0 Å². The molecule has 1 aromatic heterocycles. The fourth-order valence-corrected chi connectivity index (χ4v) is 4.03. The van der Waals surface area contributed by atoms with Gasteiger partial charge in [-0.05, 0) is 37.1 Å². The number of ether oxygens (including phenoxy) is 1. The van der Waals surface area contributed by atoms with Gasteiger partial charge < -0.3 is 14.6 Å². The van der Waals surface area contributed by atoms with Crippen molar-refractivity contribution in [1.29, 1.82) is 5.26 Å². The highest BCUT2D eigenvalue weighted by molar-refractivity contribution is 6.76. The van der Waals surface area contributed by atoms with Gasteiger partial charge in [-0.15, -0.1) is 0 Å². The molecule has 1 aromatic rings. The van der Waals surface area contributed by atoms with Crippen LogP contribution in [0.3, 0.4) is 0 Å². The van der Waals surface area contributed by atoms with Gasteiger partial charge in [0.25, 0.3) is 5.91 Å². The van der Waals surface area contributed by atoms with Crippen LogP contribution in [-0.2, 0) is 11.5 Å². The van der Waals surface area contributed by atoms with Crippen molar-refractivity contribution in [2.75, 3.05) is 13.2 Å². The lowest BCUT2D eigenvalue weighted by Crippen LogP contribution is -2.27. The van der Waals surface area contributed by atoms with Crippen molar-refractivity contribution in [3.63, 3.8) is 0 Å². The Morgan fingerprint density at radius 1 is 1.34 bits per heavy atom. The zero-order chi connectivity index (χ0) is 23.6. The van der Waals surface area contributed by atoms with E-state index >= 15 is 0 Å². The minimum atomic E-state index is -1.18. The second kappa shape index (κ2) is 12.0. The summed E-state index contributed by atoms with van der Waals surface area (Å²) < 4.78 is 7.31. The molecule has 1 amide bonds. The lowest BCUT2D eigenvalue weighted by Gasteiger charge is -2.28. The van der Waals surface area contributed by atoms with Crippen LogP contribution < -0.4 is 5.32 Å². The highest BCUT2D eigenvalue weighted by atomic mass is 28.3. The third-order valence-corrected chi connectivity index (χ3v) is 7.24. The summed E-state index contributed by atoms with van der Waals surface area (Å²) in [5.41, 5.74) is 2.16. The molecule has 0 fully saturated rings. The summed E-state index contributed by atoms with van der Waals surface area (Å²) in [6, 6.07) is 3.03. The van der Waals surface area contributed by atoms with Crippen LogP contribution in [0, 0.1) is 16.7 Å². The molecule has 1 heterocycles. The minimum absolute atomic E-state index is 0.200. The molecular weight excluding hydrogens is 416 g/mol. The van der Waals surface area contributed by atoms with Crippen molar-refractivity contribution in [2.24, 2.45) is 5.41 Å². The Balaban J connectivity index is 1.78. The summed E-state index contributed by atoms with van der Waals surface area (Å²) in [5, 5.41) is 12.0. The number of hydrogen-bond acceptors (Lipinski definition) is 4. The predicted octanol–water partition coefficient (Wildman–Crippen LogP) is 5.44. The van der Waals surface area contributed by atoms with Gasteiger partial charge in [-0.1, -0.05) is 69.4 Å². The van der Waals surface area contributed by atoms with Gasteiger partial charge in [-0.25, -0.2) is 4.98 Å². The van der Waals surface area contributed by atoms with E-state index in [1.54, 1.807) is 10.8 Å². The van der Waals surface area contributed by atoms with Gasteiger partial charge in [0.2, 0.25) is 5.82 Å². The second-order valence-electron chi connectivity index (χ2n) is 10.4. The first-order chi connectivity index (χ1) is 15.1. The van der Waals surface area contributed by atoms with E-state index in [4.69, 9.17) is 10.00 Å². The lowest BCUT2D eigenvalue weighted by molar-refractivity contribution is 0.0785. The maximum Gasteiger partial charge on any atom is 0.287 e. The normalized spacial score (nSPS) is 16.3. The molecule has 1 N–H and O–H groups in total. The Kier molecular flexibility index (Phi) is 9.67. The molecule has 174 valence electrons. The zero-order valence-electron chi connectivity index (χ0n) is 20.3. The average molecular weight is 455 g/mol. The average Bonchev–Trinajstić information content (AvgIpc) is 3.14. The number of nitrogens with one attached hydrogen (secondary N) is 1. The Bertz CT molecular complexity index is 898. The monoisotopic (exact) mass is 454 g/mol. The summed E-state index contributed by atoms with van der Waals surface area (Å²) in [6.45, 7) is 12.8. The molecule has 0 aromatic carbocycles. The molecule has 2 rings (SSSR count). The van der Waals surface area contributed by atoms with Crippen LogP contribution in [0.1, 0.15) is 55.8 Å². The van der Waals surface area contributed by atoms with E-state index in [2.05, 4.69) is 55.9 Å². The highest BCUT2D eigenvalue weighted by Gasteiger charge is 2.20. The Hall–Kier alpha value is -2.43. The van der Waals surface area contributed by atoms with Crippen molar-refractivity contribution in [3.8, 4) is 6.07 Å². The van der Waals surface area contributed by atoms with E-state index in [9.17, 15) is 4.79 Å². The van der Waals surface area contributed by atoms with Gasteiger partial charge in [-0.3, -0.25) is 4.79 Å². The molecule has 0 radical (unpaired) electrons. The predicted molar refractivity (Wildman–Crippen MR) is 132 cm³/mol. The molecule has 1 aliphatic rings. The van der Waals surface area contributed by atoms with Gasteiger partial charge >= 0.3 is 0 Å². The van der Waals surface area contributed by atoms with Crippen LogP contribution in [-0.4, -0.2) is 36.7 Å². The van der Waals surface area contributed by atoms with Crippen LogP contribution in [0.25, 0.3) is 0 Å². The van der Waals surface area contributed by atoms with Crippen molar-refractivity contribution in [1.82, 2.24) is 14.9 Å². The van der Waals surface area contributed by atoms with Gasteiger partial charge in [0.05, 0.1) is 0 Å². The number of imidazole rings is 1. The first kappa shape index (κ1) is 25.8. The summed E-state index contributed by atoms with van der Waals surface area (Å²) in [7, 11) is -1.18. The van der Waals surface area contributed by atoms with E-state index in [0.29, 0.717) is 18.6 Å². The molecule has 0 bridgehead atoms. The number of carbonyl (C=O) groups excluding carboxylic acids is 1. The SMILES string of the molecule is CC1(C)CC=C(C/C=C\C=C/CNC(=O)c2nc(C#N)cn2COCC[Si](C)(C)C)CC1. The largest absolute Gasteiger partial charge is 0.361 e. The Labute approximate surface area is 194 Å². The number of allylic oxidation sites excluding steroid dienone is 5. The fraction of sp³-hybridized carbons (Fsp3) is 0.560. The highest BCUT2D eigenvalue weighted by Crippen LogP contribution is 2.35. The Morgan fingerprint density at radius 3 is 2.75 bits per heavy atom. The quantitative estimate of drug-likeness (QED) is 0.209. The van der Waals surface area contributed by atoms with Crippen LogP contribution in [0.2, 0.25) is 25.7 Å². The molecule has 1 aliphatic carbocycles. The summed E-state index contributed by atoms with van der Waals surface area (Å²) in [4.78, 5) is 16.6. The fourth-order valence-electron chi connectivity index (χ4n) is 3.28. The number of amides is 1. The third kappa shape index (κ3) is 9.37. The van der Waals surface area contributed by atoms with Crippen molar-refractivity contribution in [3.05, 3.63) is 53.7 Å². The van der Waals surface area contributed by atoms with E-state index in [1.807, 2.05) is 24.3 Å². The Morgan fingerprint density at radius 2 is 2.09 bits per heavy atom. The molecule has 0 unspecified atom stereocenters. The lowest BCUT2D eigenvalue weighted by atomic mass is 9.78. The zero-order valence-corrected chi connectivity index (χ0v) is 21.3. The third-order valence-electron chi connectivity index (χ3n) is 5.53. The van der Waals surface area contributed by atoms with Gasteiger partial charge in [0, 0.05) is 27.4 Å². The van der Waals surface area contributed by atoms with Crippen LogP contribution in [0.5, 0.6) is 0 Å². The molecule has 0 saturated carbocycles. The van der Waals surface area contributed by atoms with Crippen LogP contribution in [0.4, 0.5) is 0 Å². The van der Waals surface area contributed by atoms with Crippen LogP contribution >= 0.6 is 0 Å². The number of aromatic nitrogens is 2.